The Balaban J connectivity index is 1.44. The van der Waals surface area contributed by atoms with E-state index in [1.807, 2.05) is 18.2 Å². The number of carbonyl (C=O) groups excluding carboxylic acids is 1. The van der Waals surface area contributed by atoms with Crippen molar-refractivity contribution in [2.75, 3.05) is 6.54 Å². The van der Waals surface area contributed by atoms with Crippen LogP contribution in [0, 0.1) is 0 Å². The summed E-state index contributed by atoms with van der Waals surface area (Å²) in [7, 11) is 0. The van der Waals surface area contributed by atoms with Crippen molar-refractivity contribution in [3.63, 3.8) is 0 Å². The van der Waals surface area contributed by atoms with E-state index in [1.165, 1.54) is 11.8 Å². The van der Waals surface area contributed by atoms with Crippen molar-refractivity contribution in [3.05, 3.63) is 58.6 Å². The van der Waals surface area contributed by atoms with Crippen molar-refractivity contribution >= 4 is 17.5 Å². The van der Waals surface area contributed by atoms with Gasteiger partial charge in [0.15, 0.2) is 0 Å². The fourth-order valence-corrected chi connectivity index (χ4v) is 3.81. The Morgan fingerprint density at radius 1 is 1.28 bits per heavy atom. The van der Waals surface area contributed by atoms with Crippen molar-refractivity contribution in [2.24, 2.45) is 5.73 Å². The first-order chi connectivity index (χ1) is 12.1. The van der Waals surface area contributed by atoms with Gasteiger partial charge >= 0.3 is 0 Å². The number of rotatable bonds is 5. The third kappa shape index (κ3) is 3.14. The van der Waals surface area contributed by atoms with Gasteiger partial charge < -0.3 is 11.1 Å². The summed E-state index contributed by atoms with van der Waals surface area (Å²) in [6.07, 6.45) is 5.36. The molecule has 1 aromatic heterocycles. The van der Waals surface area contributed by atoms with Crippen molar-refractivity contribution < 1.29 is 4.79 Å². The second-order valence-electron chi connectivity index (χ2n) is 7.13. The van der Waals surface area contributed by atoms with Crippen molar-refractivity contribution in [1.82, 2.24) is 15.3 Å². The lowest BCUT2D eigenvalue weighted by atomic mass is 9.61. The Kier molecular flexibility index (Phi) is 4.21. The van der Waals surface area contributed by atoms with Gasteiger partial charge in [0.2, 0.25) is 0 Å². The number of nitrogens with one attached hydrogen (secondary N) is 1. The van der Waals surface area contributed by atoms with E-state index in [-0.39, 0.29) is 23.1 Å². The number of aromatic nitrogens is 2. The minimum atomic E-state index is -0.224. The smallest absolute Gasteiger partial charge is 0.271 e. The molecule has 0 radical (unpaired) electrons. The average molecular weight is 357 g/mol. The number of carbonyl (C=O) groups is 1. The zero-order valence-electron chi connectivity index (χ0n) is 13.9. The Morgan fingerprint density at radius 2 is 2.00 bits per heavy atom. The quantitative estimate of drug-likeness (QED) is 0.863. The lowest BCUT2D eigenvalue weighted by Gasteiger charge is -2.47. The molecule has 2 fully saturated rings. The lowest BCUT2D eigenvalue weighted by molar-refractivity contribution is 0.0861. The van der Waals surface area contributed by atoms with E-state index in [0.29, 0.717) is 17.5 Å². The molecule has 1 amide bonds. The van der Waals surface area contributed by atoms with Crippen LogP contribution in [0.3, 0.4) is 0 Å². The minimum Gasteiger partial charge on any atom is -0.348 e. The molecule has 2 aliphatic rings. The van der Waals surface area contributed by atoms with Gasteiger partial charge in [-0.1, -0.05) is 41.9 Å². The molecule has 0 bridgehead atoms. The predicted octanol–water partition coefficient (Wildman–Crippen LogP) is 2.80. The average Bonchev–Trinajstić information content (AvgIpc) is 3.44. The zero-order valence-corrected chi connectivity index (χ0v) is 14.7. The maximum absolute atomic E-state index is 12.6. The van der Waals surface area contributed by atoms with E-state index in [0.717, 1.165) is 31.5 Å². The standard InChI is InChI=1S/C19H21ClN4O/c20-15-10-22-17(12-6-7-12)24-16(15)18(25)23-14-8-19(9-14,11-21)13-4-2-1-3-5-13/h1-5,10,12,14H,6-9,11,21H2,(H,23,25). The van der Waals surface area contributed by atoms with Crippen LogP contribution in [-0.2, 0) is 5.41 Å². The largest absolute Gasteiger partial charge is 0.348 e. The molecule has 0 atom stereocenters. The molecule has 2 saturated carbocycles. The Bertz CT molecular complexity index is 785. The van der Waals surface area contributed by atoms with Crippen LogP contribution in [0.2, 0.25) is 5.02 Å². The van der Waals surface area contributed by atoms with E-state index in [2.05, 4.69) is 27.4 Å². The summed E-state index contributed by atoms with van der Waals surface area (Å²) in [6.45, 7) is 0.573. The minimum absolute atomic E-state index is 0.0478. The summed E-state index contributed by atoms with van der Waals surface area (Å²) >= 11 is 6.13. The molecule has 2 aromatic rings. The van der Waals surface area contributed by atoms with Gasteiger partial charge in [-0.2, -0.15) is 0 Å². The maximum Gasteiger partial charge on any atom is 0.271 e. The molecule has 130 valence electrons. The van der Waals surface area contributed by atoms with Crippen molar-refractivity contribution in [2.45, 2.75) is 43.1 Å². The van der Waals surface area contributed by atoms with Gasteiger partial charge in [0.1, 0.15) is 11.5 Å². The van der Waals surface area contributed by atoms with Crippen LogP contribution >= 0.6 is 11.6 Å². The number of nitrogens with two attached hydrogens (primary N) is 1. The highest BCUT2D eigenvalue weighted by Crippen LogP contribution is 2.43. The highest BCUT2D eigenvalue weighted by molar-refractivity contribution is 6.33. The van der Waals surface area contributed by atoms with Gasteiger partial charge in [-0.05, 0) is 31.2 Å². The first-order valence-electron chi connectivity index (χ1n) is 8.70. The van der Waals surface area contributed by atoms with E-state index in [9.17, 15) is 4.79 Å². The highest BCUT2D eigenvalue weighted by atomic mass is 35.5. The van der Waals surface area contributed by atoms with Crippen LogP contribution in [-0.4, -0.2) is 28.5 Å². The monoisotopic (exact) mass is 356 g/mol. The lowest BCUT2D eigenvalue weighted by Crippen LogP contribution is -2.56. The zero-order chi connectivity index (χ0) is 17.4. The Morgan fingerprint density at radius 3 is 2.64 bits per heavy atom. The fraction of sp³-hybridized carbons (Fsp3) is 0.421. The molecular weight excluding hydrogens is 336 g/mol. The third-order valence-corrected chi connectivity index (χ3v) is 5.58. The summed E-state index contributed by atoms with van der Waals surface area (Å²) in [5.41, 5.74) is 7.50. The van der Waals surface area contributed by atoms with Gasteiger partial charge in [-0.3, -0.25) is 4.79 Å². The van der Waals surface area contributed by atoms with Crippen LogP contribution in [0.25, 0.3) is 0 Å². The highest BCUT2D eigenvalue weighted by Gasteiger charge is 2.45. The van der Waals surface area contributed by atoms with Crippen molar-refractivity contribution in [1.29, 1.82) is 0 Å². The molecule has 1 aromatic carbocycles. The third-order valence-electron chi connectivity index (χ3n) is 5.31. The summed E-state index contributed by atoms with van der Waals surface area (Å²) in [5.74, 6) is 0.886. The number of benzene rings is 1. The number of hydrogen-bond donors (Lipinski definition) is 2. The Hall–Kier alpha value is -1.98. The van der Waals surface area contributed by atoms with Crippen LogP contribution in [0.4, 0.5) is 0 Å². The summed E-state index contributed by atoms with van der Waals surface area (Å²) in [5, 5.41) is 3.35. The molecule has 3 N–H and O–H groups in total. The normalized spacial score (nSPS) is 25.3. The van der Waals surface area contributed by atoms with Crippen LogP contribution in [0.5, 0.6) is 0 Å². The number of nitrogens with zero attached hydrogens (tertiary/aromatic N) is 2. The molecule has 6 heteroatoms. The van der Waals surface area contributed by atoms with E-state index < -0.39 is 0 Å². The van der Waals surface area contributed by atoms with Gasteiger partial charge in [0.25, 0.3) is 5.91 Å². The SMILES string of the molecule is NCC1(c2ccccc2)CC(NC(=O)c2nc(C3CC3)ncc2Cl)C1. The summed E-state index contributed by atoms with van der Waals surface area (Å²) in [4.78, 5) is 21.2. The molecule has 0 spiro atoms. The molecule has 2 aliphatic carbocycles. The molecule has 5 nitrogen and oxygen atoms in total. The number of amides is 1. The molecule has 1 heterocycles. The molecule has 0 aliphatic heterocycles. The van der Waals surface area contributed by atoms with Crippen molar-refractivity contribution in [3.8, 4) is 0 Å². The molecule has 0 saturated heterocycles. The predicted molar refractivity (Wildman–Crippen MR) is 96.7 cm³/mol. The second kappa shape index (κ2) is 6.39. The van der Waals surface area contributed by atoms with Gasteiger partial charge in [-0.25, -0.2) is 9.97 Å². The van der Waals surface area contributed by atoms with E-state index >= 15 is 0 Å². The second-order valence-corrected chi connectivity index (χ2v) is 7.54. The Labute approximate surface area is 152 Å². The van der Waals surface area contributed by atoms with E-state index in [4.69, 9.17) is 17.3 Å². The van der Waals surface area contributed by atoms with Gasteiger partial charge in [0, 0.05) is 23.9 Å². The summed E-state index contributed by atoms with van der Waals surface area (Å²) in [6, 6.07) is 10.4. The maximum atomic E-state index is 12.6. The molecule has 25 heavy (non-hydrogen) atoms. The first-order valence-corrected chi connectivity index (χ1v) is 9.08. The van der Waals surface area contributed by atoms with Crippen LogP contribution in [0.1, 0.15) is 53.5 Å². The topological polar surface area (TPSA) is 80.9 Å². The van der Waals surface area contributed by atoms with Gasteiger partial charge in [0.05, 0.1) is 11.2 Å². The number of hydrogen-bond acceptors (Lipinski definition) is 4. The first kappa shape index (κ1) is 16.5. The summed E-state index contributed by atoms with van der Waals surface area (Å²) < 4.78 is 0. The molecule has 4 rings (SSSR count). The van der Waals surface area contributed by atoms with Crippen LogP contribution < -0.4 is 11.1 Å². The molecular formula is C19H21ClN4O. The fourth-order valence-electron chi connectivity index (χ4n) is 3.63. The van der Waals surface area contributed by atoms with E-state index in [1.54, 1.807) is 0 Å². The number of halogens is 1. The molecule has 0 unspecified atom stereocenters. The van der Waals surface area contributed by atoms with Crippen LogP contribution in [0.15, 0.2) is 36.5 Å². The van der Waals surface area contributed by atoms with Gasteiger partial charge in [-0.15, -0.1) is 0 Å².